The second-order valence-corrected chi connectivity index (χ2v) is 5.03. The molecule has 7 nitrogen and oxygen atoms in total. The van der Waals surface area contributed by atoms with Crippen LogP contribution in [0.5, 0.6) is 17.8 Å². The number of ether oxygens (including phenoxy) is 4. The molecular weight excluding hydrogens is 288 g/mol. The molecule has 0 saturated heterocycles. The maximum Gasteiger partial charge on any atom is 0.323 e. The highest BCUT2D eigenvalue weighted by Gasteiger charge is 2.34. The fourth-order valence-corrected chi connectivity index (χ4v) is 2.54. The summed E-state index contributed by atoms with van der Waals surface area (Å²) in [6.45, 7) is 2.16. The molecule has 2 atom stereocenters. The summed E-state index contributed by atoms with van der Waals surface area (Å²) in [5.74, 6) is 0.201. The van der Waals surface area contributed by atoms with Gasteiger partial charge in [0.2, 0.25) is 11.8 Å². The highest BCUT2D eigenvalue weighted by Crippen LogP contribution is 2.29. The first-order valence-corrected chi connectivity index (χ1v) is 7.48. The van der Waals surface area contributed by atoms with Crippen LogP contribution in [0, 0.1) is 5.92 Å². The van der Waals surface area contributed by atoms with E-state index in [2.05, 4.69) is 9.97 Å². The van der Waals surface area contributed by atoms with Crippen molar-refractivity contribution in [3.8, 4) is 17.8 Å². The fraction of sp³-hybridized carbons (Fsp3) is 0.667. The van der Waals surface area contributed by atoms with Crippen LogP contribution in [-0.2, 0) is 9.53 Å². The standard InChI is InChI=1S/C15H22N2O5/c1-4-21-14(18)10-7-5-6-8-11(10)22-15-16-12(19-2)9-13(17-15)20-3/h9-11H,4-8H2,1-3H3/t10-,11+/m1/s1. The average Bonchev–Trinajstić information content (AvgIpc) is 2.55. The lowest BCUT2D eigenvalue weighted by molar-refractivity contribution is -0.153. The molecule has 0 spiro atoms. The first kappa shape index (κ1) is 16.3. The zero-order valence-electron chi connectivity index (χ0n) is 13.2. The van der Waals surface area contributed by atoms with E-state index >= 15 is 0 Å². The van der Waals surface area contributed by atoms with Crippen LogP contribution in [0.25, 0.3) is 0 Å². The van der Waals surface area contributed by atoms with Crippen LogP contribution < -0.4 is 14.2 Å². The van der Waals surface area contributed by atoms with E-state index in [1.165, 1.54) is 14.2 Å². The van der Waals surface area contributed by atoms with Crippen molar-refractivity contribution in [2.24, 2.45) is 5.92 Å². The maximum atomic E-state index is 12.1. The summed E-state index contributed by atoms with van der Waals surface area (Å²) in [5, 5.41) is 0. The largest absolute Gasteiger partial charge is 0.481 e. The van der Waals surface area contributed by atoms with Gasteiger partial charge in [0.1, 0.15) is 6.10 Å². The Bertz CT molecular complexity index is 486. The molecule has 0 aromatic carbocycles. The Kier molecular flexibility index (Phi) is 5.80. The van der Waals surface area contributed by atoms with Gasteiger partial charge in [0.15, 0.2) is 0 Å². The first-order valence-electron chi connectivity index (χ1n) is 7.48. The van der Waals surface area contributed by atoms with Crippen LogP contribution >= 0.6 is 0 Å². The summed E-state index contributed by atoms with van der Waals surface area (Å²) >= 11 is 0. The Hall–Kier alpha value is -2.05. The van der Waals surface area contributed by atoms with Gasteiger partial charge in [-0.25, -0.2) is 0 Å². The molecule has 0 amide bonds. The Morgan fingerprint density at radius 2 is 1.82 bits per heavy atom. The number of hydrogen-bond acceptors (Lipinski definition) is 7. The SMILES string of the molecule is CCOC(=O)[C@@H]1CCCC[C@@H]1Oc1nc(OC)cc(OC)n1. The van der Waals surface area contributed by atoms with Gasteiger partial charge in [-0.1, -0.05) is 6.42 Å². The van der Waals surface area contributed by atoms with Crippen LogP contribution in [0.1, 0.15) is 32.6 Å². The van der Waals surface area contributed by atoms with Crippen molar-refractivity contribution in [2.45, 2.75) is 38.7 Å². The van der Waals surface area contributed by atoms with Gasteiger partial charge in [-0.2, -0.15) is 9.97 Å². The van der Waals surface area contributed by atoms with E-state index in [-0.39, 0.29) is 24.0 Å². The molecule has 1 aromatic rings. The van der Waals surface area contributed by atoms with Crippen LogP contribution in [0.2, 0.25) is 0 Å². The zero-order chi connectivity index (χ0) is 15.9. The van der Waals surface area contributed by atoms with Crippen LogP contribution in [0.3, 0.4) is 0 Å². The lowest BCUT2D eigenvalue weighted by Crippen LogP contribution is -2.37. The Morgan fingerprint density at radius 1 is 1.18 bits per heavy atom. The minimum Gasteiger partial charge on any atom is -0.481 e. The predicted octanol–water partition coefficient (Wildman–Crippen LogP) is 1.99. The summed E-state index contributed by atoms with van der Waals surface area (Å²) < 4.78 is 21.2. The molecule has 1 aliphatic carbocycles. The van der Waals surface area contributed by atoms with Crippen molar-refractivity contribution in [3.63, 3.8) is 0 Å². The van der Waals surface area contributed by atoms with Gasteiger partial charge in [-0.3, -0.25) is 4.79 Å². The minimum atomic E-state index is -0.287. The molecule has 7 heteroatoms. The second kappa shape index (κ2) is 7.82. The van der Waals surface area contributed by atoms with Gasteiger partial charge in [-0.15, -0.1) is 0 Å². The van der Waals surface area contributed by atoms with E-state index in [0.29, 0.717) is 18.4 Å². The number of esters is 1. The number of aromatic nitrogens is 2. The van der Waals surface area contributed by atoms with Crippen LogP contribution in [-0.4, -0.2) is 42.9 Å². The Labute approximate surface area is 129 Å². The van der Waals surface area contributed by atoms with Crippen molar-refractivity contribution < 1.29 is 23.7 Å². The van der Waals surface area contributed by atoms with Gasteiger partial charge in [0.25, 0.3) is 0 Å². The smallest absolute Gasteiger partial charge is 0.323 e. The number of rotatable bonds is 6. The zero-order valence-corrected chi connectivity index (χ0v) is 13.2. The van der Waals surface area contributed by atoms with E-state index < -0.39 is 0 Å². The first-order chi connectivity index (χ1) is 10.7. The van der Waals surface area contributed by atoms with Crippen molar-refractivity contribution >= 4 is 5.97 Å². The molecule has 0 N–H and O–H groups in total. The molecule has 1 heterocycles. The van der Waals surface area contributed by atoms with Crippen molar-refractivity contribution in [1.29, 1.82) is 0 Å². The molecule has 1 fully saturated rings. The van der Waals surface area contributed by atoms with Gasteiger partial charge in [-0.05, 0) is 26.2 Å². The van der Waals surface area contributed by atoms with E-state index in [1.54, 1.807) is 13.0 Å². The third-order valence-corrected chi connectivity index (χ3v) is 3.63. The lowest BCUT2D eigenvalue weighted by atomic mass is 9.86. The second-order valence-electron chi connectivity index (χ2n) is 5.03. The fourth-order valence-electron chi connectivity index (χ4n) is 2.54. The molecule has 1 saturated carbocycles. The predicted molar refractivity (Wildman–Crippen MR) is 78.1 cm³/mol. The van der Waals surface area contributed by atoms with E-state index in [9.17, 15) is 4.79 Å². The molecule has 0 unspecified atom stereocenters. The highest BCUT2D eigenvalue weighted by atomic mass is 16.5. The van der Waals surface area contributed by atoms with Crippen LogP contribution in [0.4, 0.5) is 0 Å². The normalized spacial score (nSPS) is 21.0. The van der Waals surface area contributed by atoms with Gasteiger partial charge < -0.3 is 18.9 Å². The third kappa shape index (κ3) is 3.99. The Balaban J connectivity index is 2.14. The van der Waals surface area contributed by atoms with E-state index in [1.807, 2.05) is 0 Å². The lowest BCUT2D eigenvalue weighted by Gasteiger charge is -2.29. The van der Waals surface area contributed by atoms with E-state index in [4.69, 9.17) is 18.9 Å². The van der Waals surface area contributed by atoms with Gasteiger partial charge >= 0.3 is 12.0 Å². The molecule has 22 heavy (non-hydrogen) atoms. The molecule has 0 radical (unpaired) electrons. The number of carbonyl (C=O) groups excluding carboxylic acids is 1. The summed E-state index contributed by atoms with van der Waals surface area (Å²) in [5.41, 5.74) is 0. The molecule has 0 aliphatic heterocycles. The van der Waals surface area contributed by atoms with E-state index in [0.717, 1.165) is 25.7 Å². The third-order valence-electron chi connectivity index (χ3n) is 3.63. The summed E-state index contributed by atoms with van der Waals surface area (Å²) in [4.78, 5) is 20.3. The van der Waals surface area contributed by atoms with Crippen molar-refractivity contribution in [2.75, 3.05) is 20.8 Å². The van der Waals surface area contributed by atoms with Gasteiger partial charge in [0.05, 0.1) is 32.8 Å². The Morgan fingerprint density at radius 3 is 2.41 bits per heavy atom. The maximum absolute atomic E-state index is 12.1. The minimum absolute atomic E-state index is 0.150. The van der Waals surface area contributed by atoms with Crippen molar-refractivity contribution in [1.82, 2.24) is 9.97 Å². The molecule has 0 bridgehead atoms. The molecule has 122 valence electrons. The summed E-state index contributed by atoms with van der Waals surface area (Å²) in [6.07, 6.45) is 3.23. The highest BCUT2D eigenvalue weighted by molar-refractivity contribution is 5.73. The molecular formula is C15H22N2O5. The average molecular weight is 310 g/mol. The number of carbonyl (C=O) groups is 1. The summed E-state index contributed by atoms with van der Waals surface area (Å²) in [7, 11) is 3.02. The number of nitrogens with zero attached hydrogens (tertiary/aromatic N) is 2. The molecule has 1 aliphatic rings. The number of hydrogen-bond donors (Lipinski definition) is 0. The summed E-state index contributed by atoms with van der Waals surface area (Å²) in [6, 6.07) is 1.72. The molecule has 2 rings (SSSR count). The van der Waals surface area contributed by atoms with Crippen LogP contribution in [0.15, 0.2) is 6.07 Å². The quantitative estimate of drug-likeness (QED) is 0.743. The van der Waals surface area contributed by atoms with Gasteiger partial charge in [0, 0.05) is 0 Å². The monoisotopic (exact) mass is 310 g/mol. The number of methoxy groups -OCH3 is 2. The topological polar surface area (TPSA) is 79.8 Å². The molecule has 1 aromatic heterocycles. The van der Waals surface area contributed by atoms with Crippen molar-refractivity contribution in [3.05, 3.63) is 6.07 Å².